The van der Waals surface area contributed by atoms with Gasteiger partial charge in [-0.3, -0.25) is 0 Å². The van der Waals surface area contributed by atoms with Crippen molar-refractivity contribution < 1.29 is 30.0 Å². The van der Waals surface area contributed by atoms with E-state index < -0.39 is 0 Å². The first-order valence-electron chi connectivity index (χ1n) is 58.0. The van der Waals surface area contributed by atoms with Crippen LogP contribution in [0.25, 0.3) is 164 Å². The molecule has 26 rings (SSSR count). The van der Waals surface area contributed by atoms with E-state index >= 15 is 0 Å². The standard InChI is InChI=1S/C33H37N2.C33H36N.C26H28NO.C26H28NS.C24H28N/c1-21(2)35-31-14-10-9-13-28(31)30-17-22(3)29(20-32(30)35)33-27-16-15-25(24-11-7-6-8-12-24)19-26(27)18-23(4)34(33)5;1-21-17-29-27-13-9-10-14-30(27)33(3,4)31(29)20-28(21)32-26-16-15-24(23-11-7-6-8-12-23)19-25(26)18-22(2)34(32)5;2*1-17-13-21-11-12-28-25(21)16-24(17)26-23-10-9-20(19-7-5-4-6-8-19)15-22(23)14-18(2)27(26)3;1-17-9-7-8-12-22(17)24-23-14-13-20(19-10-5-4-6-11-19)16-21(23)15-18(2)25(24)3/h9-10,13-21,24H,6-8,11-12H2,1-5H3;9-10,13-20,23H,6-8,11-12H2,1-5H3;2*9-16,19H,4-8H2,1-3H3;7-9,12-16,19H,4-6,10-11H2,1-3H3/q5*+1/i;;;;8D,9D. The highest BCUT2D eigenvalue weighted by atomic mass is 32.1. The van der Waals surface area contributed by atoms with Gasteiger partial charge in [-0.1, -0.05) is 238 Å². The normalized spacial score (nSPS) is 16.0. The molecule has 0 unspecified atom stereocenters. The highest BCUT2D eigenvalue weighted by Gasteiger charge is 2.39. The molecule has 762 valence electrons. The van der Waals surface area contributed by atoms with Crippen LogP contribution in [-0.2, 0) is 40.7 Å². The maximum Gasteiger partial charge on any atom is 0.220 e. The molecule has 5 fully saturated rings. The quantitative estimate of drug-likeness (QED) is 0.119. The SMILES string of the molecule is Cc1cc2c(cc1-c1c3ccc(C4CCCCC4)cc3cc(C)[n+]1C)C(C)(C)c1ccccc1-2.Cc1cc2c3ccccc3n(C(C)C)c2cc1-c1c2ccc(C3CCCCC3)cc2cc(C)[n+]1C.Cc1cc2ccoc2cc1-c1c2ccc(C3CCCCC3)cc2cc(C)[n+]1C.Cc1cc2ccsc2cc1-c1c2ccc(C3CCCCC3)cc2cc(C)[n+]1C.[2H]c1cc([2H])c(C)c(-c2c3ccc(C4CCCCC4)cc3cc(C)[n+]2C)c1. The van der Waals surface area contributed by atoms with Crippen molar-refractivity contribution >= 4 is 108 Å². The minimum atomic E-state index is 0.0146. The topological polar surface area (TPSA) is 37.5 Å². The summed E-state index contributed by atoms with van der Waals surface area (Å²) in [6.07, 6.45) is 35.9. The van der Waals surface area contributed by atoms with E-state index in [-0.39, 0.29) is 5.41 Å². The molecule has 0 amide bonds. The van der Waals surface area contributed by atoms with Gasteiger partial charge in [-0.25, -0.2) is 0 Å². The number of fused-ring (bicyclic) bond motifs is 13. The molecule has 0 N–H and O–H groups in total. The second kappa shape index (κ2) is 42.7. The molecule has 5 saturated carbocycles. The molecule has 0 aliphatic heterocycles. The van der Waals surface area contributed by atoms with E-state index in [1.807, 2.05) is 30.4 Å². The van der Waals surface area contributed by atoms with Gasteiger partial charge in [-0.2, -0.15) is 22.8 Å². The van der Waals surface area contributed by atoms with Crippen LogP contribution in [0.5, 0.6) is 0 Å². The molecule has 0 saturated heterocycles. The van der Waals surface area contributed by atoms with Crippen LogP contribution in [0.4, 0.5) is 0 Å². The van der Waals surface area contributed by atoms with Gasteiger partial charge in [0.25, 0.3) is 0 Å². The summed E-state index contributed by atoms with van der Waals surface area (Å²) in [5.74, 6) is 3.64. The highest BCUT2D eigenvalue weighted by Crippen LogP contribution is 2.53. The molecule has 6 aliphatic carbocycles. The van der Waals surface area contributed by atoms with Crippen LogP contribution in [-0.4, -0.2) is 4.57 Å². The van der Waals surface area contributed by atoms with Crippen molar-refractivity contribution in [1.82, 2.24) is 4.57 Å². The summed E-state index contributed by atoms with van der Waals surface area (Å²) in [7, 11) is 10.9. The number of hydrogen-bond acceptors (Lipinski definition) is 2. The lowest BCUT2D eigenvalue weighted by atomic mass is 9.81. The Labute approximate surface area is 899 Å². The molecule has 0 radical (unpaired) electrons. The molecule has 0 bridgehead atoms. The van der Waals surface area contributed by atoms with E-state index in [4.69, 9.17) is 7.16 Å². The fourth-order valence-electron chi connectivity index (χ4n) is 27.6. The predicted molar refractivity (Wildman–Crippen MR) is 635 cm³/mol. The summed E-state index contributed by atoms with van der Waals surface area (Å²) >= 11 is 1.83. The molecular weight excluding hydrogens is 1840 g/mol. The van der Waals surface area contributed by atoms with Gasteiger partial charge in [-0.15, -0.1) is 11.3 Å². The largest absolute Gasteiger partial charge is 0.464 e. The van der Waals surface area contributed by atoms with Crippen molar-refractivity contribution in [2.45, 2.75) is 298 Å². The van der Waals surface area contributed by atoms with Crippen molar-refractivity contribution in [2.75, 3.05) is 0 Å². The monoisotopic (exact) mass is 2000 g/mol. The third-order valence-electron chi connectivity index (χ3n) is 36.6. The molecule has 20 aromatic rings. The van der Waals surface area contributed by atoms with Gasteiger partial charge in [0.2, 0.25) is 28.5 Å². The van der Waals surface area contributed by atoms with Crippen LogP contribution in [0, 0.1) is 69.2 Å². The Morgan fingerprint density at radius 3 is 1.09 bits per heavy atom. The van der Waals surface area contributed by atoms with Crippen molar-refractivity contribution in [3.05, 3.63) is 362 Å². The number of thiophene rings is 1. The van der Waals surface area contributed by atoms with Crippen LogP contribution in [0.2, 0.25) is 0 Å². The Bertz CT molecular complexity index is 8530. The zero-order valence-electron chi connectivity index (χ0n) is 94.9. The number of benzene rings is 12. The molecule has 6 aliphatic rings. The number of rotatable bonds is 11. The summed E-state index contributed by atoms with van der Waals surface area (Å²) in [4.78, 5) is 0. The average molecular weight is 2000 g/mol. The number of hydrogen-bond donors (Lipinski definition) is 0. The lowest BCUT2D eigenvalue weighted by Crippen LogP contribution is -2.35. The van der Waals surface area contributed by atoms with Gasteiger partial charge in [0.1, 0.15) is 40.8 Å². The van der Waals surface area contributed by atoms with Gasteiger partial charge in [0, 0.05) is 108 Å². The van der Waals surface area contributed by atoms with Crippen LogP contribution in [0.1, 0.15) is 322 Å². The number of pyridine rings is 5. The zero-order chi connectivity index (χ0) is 106. The molecular formula is C142H157N6OS+5. The molecule has 7 nitrogen and oxygen atoms in total. The molecule has 150 heavy (non-hydrogen) atoms. The maximum absolute atomic E-state index is 8.22. The van der Waals surface area contributed by atoms with Gasteiger partial charge in [0.15, 0.2) is 28.5 Å². The molecule has 12 aromatic carbocycles. The van der Waals surface area contributed by atoms with Gasteiger partial charge in [0.05, 0.1) is 63.7 Å². The molecule has 8 heterocycles. The lowest BCUT2D eigenvalue weighted by Gasteiger charge is -2.23. The number of aryl methyl sites for hydroxylation is 9. The van der Waals surface area contributed by atoms with Gasteiger partial charge < -0.3 is 8.98 Å². The number of para-hydroxylation sites is 1. The van der Waals surface area contributed by atoms with E-state index in [9.17, 15) is 0 Å². The van der Waals surface area contributed by atoms with E-state index in [0.29, 0.717) is 24.0 Å². The smallest absolute Gasteiger partial charge is 0.220 e. The summed E-state index contributed by atoms with van der Waals surface area (Å²) in [5.41, 5.74) is 42.3. The van der Waals surface area contributed by atoms with Crippen LogP contribution in [0.15, 0.2) is 271 Å². The number of aromatic nitrogens is 6. The minimum Gasteiger partial charge on any atom is -0.464 e. The van der Waals surface area contributed by atoms with Gasteiger partial charge >= 0.3 is 0 Å². The Balaban J connectivity index is 0.000000107. The molecule has 8 aromatic heterocycles. The van der Waals surface area contributed by atoms with E-state index in [0.717, 1.165) is 46.1 Å². The maximum atomic E-state index is 8.22. The first kappa shape index (κ1) is 99.0. The Hall–Kier alpha value is -13.0. The summed E-state index contributed by atoms with van der Waals surface area (Å²) < 4.78 is 37.6. The first-order chi connectivity index (χ1) is 73.5. The Morgan fingerprint density at radius 1 is 0.293 bits per heavy atom. The second-order valence-electron chi connectivity index (χ2n) is 46.8. The van der Waals surface area contributed by atoms with Crippen LogP contribution >= 0.6 is 11.3 Å². The van der Waals surface area contributed by atoms with E-state index in [1.54, 1.807) is 12.3 Å². The van der Waals surface area contributed by atoms with Crippen molar-refractivity contribution in [2.24, 2.45) is 35.2 Å². The lowest BCUT2D eigenvalue weighted by molar-refractivity contribution is -0.665. The third-order valence-corrected chi connectivity index (χ3v) is 37.4. The molecule has 8 heteroatoms. The molecule has 0 spiro atoms. The zero-order valence-corrected chi connectivity index (χ0v) is 93.7. The first-order valence-corrected chi connectivity index (χ1v) is 57.9. The van der Waals surface area contributed by atoms with E-state index in [2.05, 4.69) is 382 Å². The highest BCUT2D eigenvalue weighted by molar-refractivity contribution is 7.17. The summed E-state index contributed by atoms with van der Waals surface area (Å²) in [6, 6.07) is 93.5. The fourth-order valence-corrected chi connectivity index (χ4v) is 28.4. The predicted octanol–water partition coefficient (Wildman–Crippen LogP) is 36.9. The average Bonchev–Trinajstić information content (AvgIpc) is 1.57. The van der Waals surface area contributed by atoms with Crippen molar-refractivity contribution in [3.63, 3.8) is 0 Å². The summed E-state index contributed by atoms with van der Waals surface area (Å²) in [5, 5.41) is 20.8. The van der Waals surface area contributed by atoms with Crippen LogP contribution < -0.4 is 22.8 Å². The van der Waals surface area contributed by atoms with Crippen molar-refractivity contribution in [1.29, 1.82) is 0 Å². The Kier molecular flexibility index (Phi) is 28.2. The second-order valence-corrected chi connectivity index (χ2v) is 47.8. The number of nitrogens with zero attached hydrogens (tertiary/aromatic N) is 6. The third kappa shape index (κ3) is 19.5. The summed E-state index contributed by atoms with van der Waals surface area (Å²) in [6.45, 7) is 31.4. The van der Waals surface area contributed by atoms with Crippen molar-refractivity contribution in [3.8, 4) is 67.4 Å². The van der Waals surface area contributed by atoms with E-state index in [1.165, 1.54) is 397 Å². The van der Waals surface area contributed by atoms with Gasteiger partial charge in [-0.05, 0) is 355 Å². The van der Waals surface area contributed by atoms with Crippen LogP contribution in [0.3, 0.4) is 0 Å². The Morgan fingerprint density at radius 2 is 0.660 bits per heavy atom. The number of furan rings is 1. The fraction of sp³-hybridized carbons (Fsp3) is 0.359. The molecule has 0 atom stereocenters. The minimum absolute atomic E-state index is 0.0146.